The Bertz CT molecular complexity index is 184. The van der Waals surface area contributed by atoms with Crippen molar-refractivity contribution in [2.75, 3.05) is 6.54 Å². The number of amides is 2. The molecule has 70 valence electrons. The number of hydrogen-bond donors (Lipinski definition) is 3. The van der Waals surface area contributed by atoms with Crippen LogP contribution in [0.1, 0.15) is 20.3 Å². The highest BCUT2D eigenvalue weighted by atomic mass is 16.2. The van der Waals surface area contributed by atoms with Crippen molar-refractivity contribution in [3.05, 3.63) is 0 Å². The van der Waals surface area contributed by atoms with E-state index in [2.05, 4.69) is 5.32 Å². The van der Waals surface area contributed by atoms with Gasteiger partial charge in [-0.3, -0.25) is 9.59 Å². The number of hydrogen-bond acceptors (Lipinski definition) is 3. The Morgan fingerprint density at radius 3 is 2.25 bits per heavy atom. The van der Waals surface area contributed by atoms with Crippen molar-refractivity contribution in [3.63, 3.8) is 0 Å². The van der Waals surface area contributed by atoms with E-state index in [4.69, 9.17) is 11.5 Å². The Labute approximate surface area is 71.5 Å². The maximum atomic E-state index is 10.6. The maximum Gasteiger partial charge on any atom is 0.309 e. The second-order valence-corrected chi connectivity index (χ2v) is 3.36. The molecule has 0 unspecified atom stereocenters. The van der Waals surface area contributed by atoms with Crippen molar-refractivity contribution < 1.29 is 9.59 Å². The lowest BCUT2D eigenvalue weighted by Crippen LogP contribution is -2.41. The molecule has 0 aliphatic heterocycles. The first-order valence-electron chi connectivity index (χ1n) is 3.69. The smallest absolute Gasteiger partial charge is 0.309 e. The summed E-state index contributed by atoms with van der Waals surface area (Å²) in [5, 5.41) is 2.35. The van der Waals surface area contributed by atoms with E-state index in [1.807, 2.05) is 13.8 Å². The van der Waals surface area contributed by atoms with Crippen LogP contribution in [0.15, 0.2) is 0 Å². The number of primary amides is 1. The quantitative estimate of drug-likeness (QED) is 0.463. The third kappa shape index (κ3) is 5.67. The van der Waals surface area contributed by atoms with E-state index < -0.39 is 11.8 Å². The number of rotatable bonds is 3. The van der Waals surface area contributed by atoms with Gasteiger partial charge in [0.05, 0.1) is 0 Å². The van der Waals surface area contributed by atoms with Crippen molar-refractivity contribution in [1.82, 2.24) is 5.32 Å². The van der Waals surface area contributed by atoms with Gasteiger partial charge in [0.25, 0.3) is 0 Å². The van der Waals surface area contributed by atoms with Crippen LogP contribution in [0.3, 0.4) is 0 Å². The summed E-state index contributed by atoms with van der Waals surface area (Å²) in [7, 11) is 0. The highest BCUT2D eigenvalue weighted by Gasteiger charge is 2.12. The van der Waals surface area contributed by atoms with Crippen LogP contribution in [0.2, 0.25) is 0 Å². The molecule has 0 fully saturated rings. The minimum absolute atomic E-state index is 0.342. The van der Waals surface area contributed by atoms with Gasteiger partial charge < -0.3 is 16.8 Å². The zero-order chi connectivity index (χ0) is 9.78. The van der Waals surface area contributed by atoms with Gasteiger partial charge in [-0.1, -0.05) is 0 Å². The zero-order valence-corrected chi connectivity index (χ0v) is 7.39. The highest BCUT2D eigenvalue weighted by Crippen LogP contribution is 2.00. The van der Waals surface area contributed by atoms with Crippen LogP contribution in [0.5, 0.6) is 0 Å². The summed E-state index contributed by atoms with van der Waals surface area (Å²) >= 11 is 0. The van der Waals surface area contributed by atoms with Crippen molar-refractivity contribution in [2.24, 2.45) is 11.5 Å². The summed E-state index contributed by atoms with van der Waals surface area (Å²) in [4.78, 5) is 20.8. The molecule has 0 atom stereocenters. The lowest BCUT2D eigenvalue weighted by Gasteiger charge is -2.17. The number of nitrogens with one attached hydrogen (secondary N) is 1. The molecule has 0 saturated heterocycles. The first-order valence-corrected chi connectivity index (χ1v) is 3.69. The summed E-state index contributed by atoms with van der Waals surface area (Å²) in [5.41, 5.74) is 9.99. The van der Waals surface area contributed by atoms with Gasteiger partial charge in [0, 0.05) is 12.1 Å². The van der Waals surface area contributed by atoms with Gasteiger partial charge >= 0.3 is 11.8 Å². The third-order valence-corrected chi connectivity index (χ3v) is 1.28. The minimum atomic E-state index is -0.968. The fourth-order valence-electron chi connectivity index (χ4n) is 0.585. The van der Waals surface area contributed by atoms with Gasteiger partial charge in [0.15, 0.2) is 0 Å². The second-order valence-electron chi connectivity index (χ2n) is 3.36. The van der Waals surface area contributed by atoms with Gasteiger partial charge in [0.1, 0.15) is 0 Å². The lowest BCUT2D eigenvalue weighted by molar-refractivity contribution is -0.137. The van der Waals surface area contributed by atoms with Crippen molar-refractivity contribution in [1.29, 1.82) is 0 Å². The summed E-state index contributed by atoms with van der Waals surface area (Å²) in [6.07, 6.45) is 0.603. The summed E-state index contributed by atoms with van der Waals surface area (Å²) < 4.78 is 0. The fourth-order valence-corrected chi connectivity index (χ4v) is 0.585. The van der Waals surface area contributed by atoms with Crippen LogP contribution in [0.25, 0.3) is 0 Å². The molecule has 0 aromatic heterocycles. The van der Waals surface area contributed by atoms with E-state index in [1.54, 1.807) is 0 Å². The van der Waals surface area contributed by atoms with Crippen molar-refractivity contribution in [3.8, 4) is 0 Å². The van der Waals surface area contributed by atoms with E-state index in [9.17, 15) is 9.59 Å². The molecule has 0 aromatic carbocycles. The Kier molecular flexibility index (Phi) is 3.69. The van der Waals surface area contributed by atoms with Gasteiger partial charge in [-0.15, -0.1) is 0 Å². The average Bonchev–Trinajstić information content (AvgIpc) is 1.84. The summed E-state index contributed by atoms with van der Waals surface area (Å²) in [6.45, 7) is 4.04. The highest BCUT2D eigenvalue weighted by molar-refractivity contribution is 6.34. The first kappa shape index (κ1) is 10.9. The van der Waals surface area contributed by atoms with Gasteiger partial charge in [0.2, 0.25) is 0 Å². The van der Waals surface area contributed by atoms with Crippen LogP contribution in [-0.2, 0) is 9.59 Å². The molecule has 0 heterocycles. The van der Waals surface area contributed by atoms with Crippen LogP contribution in [0, 0.1) is 0 Å². The molecular weight excluding hydrogens is 158 g/mol. The molecule has 0 aliphatic rings. The largest absolute Gasteiger partial charge is 0.361 e. The van der Waals surface area contributed by atoms with Gasteiger partial charge in [-0.2, -0.15) is 0 Å². The van der Waals surface area contributed by atoms with Crippen LogP contribution < -0.4 is 16.8 Å². The Morgan fingerprint density at radius 2 is 1.92 bits per heavy atom. The summed E-state index contributed by atoms with van der Waals surface area (Å²) in [6, 6.07) is 0. The maximum absolute atomic E-state index is 10.6. The number of carbonyl (C=O) groups excluding carboxylic acids is 2. The molecule has 12 heavy (non-hydrogen) atoms. The molecule has 5 heteroatoms. The SMILES string of the molecule is CC(C)(N)CCNC(=O)C(N)=O. The van der Waals surface area contributed by atoms with Crippen LogP contribution >= 0.6 is 0 Å². The summed E-state index contributed by atoms with van der Waals surface area (Å²) in [5.74, 6) is -1.73. The van der Waals surface area contributed by atoms with E-state index in [0.29, 0.717) is 13.0 Å². The second kappa shape index (κ2) is 4.06. The van der Waals surface area contributed by atoms with Crippen molar-refractivity contribution in [2.45, 2.75) is 25.8 Å². The zero-order valence-electron chi connectivity index (χ0n) is 7.39. The number of nitrogens with two attached hydrogens (primary N) is 2. The fraction of sp³-hybridized carbons (Fsp3) is 0.714. The predicted molar refractivity (Wildman–Crippen MR) is 45.1 cm³/mol. The Hall–Kier alpha value is -1.10. The lowest BCUT2D eigenvalue weighted by atomic mass is 10.0. The molecule has 0 bridgehead atoms. The third-order valence-electron chi connectivity index (χ3n) is 1.28. The first-order chi connectivity index (χ1) is 5.33. The monoisotopic (exact) mass is 173 g/mol. The van der Waals surface area contributed by atoms with Crippen LogP contribution in [0.4, 0.5) is 0 Å². The van der Waals surface area contributed by atoms with Crippen molar-refractivity contribution >= 4 is 11.8 Å². The number of carbonyl (C=O) groups is 2. The molecule has 0 spiro atoms. The molecule has 0 radical (unpaired) electrons. The molecule has 0 rings (SSSR count). The van der Waals surface area contributed by atoms with Gasteiger partial charge in [-0.05, 0) is 20.3 Å². The predicted octanol–water partition coefficient (Wildman–Crippen LogP) is -1.28. The minimum Gasteiger partial charge on any atom is -0.361 e. The molecule has 0 aromatic rings. The van der Waals surface area contributed by atoms with E-state index in [-0.39, 0.29) is 5.54 Å². The Morgan fingerprint density at radius 1 is 1.42 bits per heavy atom. The molecule has 5 nitrogen and oxygen atoms in total. The normalized spacial score (nSPS) is 10.9. The molecule has 0 saturated carbocycles. The van der Waals surface area contributed by atoms with Gasteiger partial charge in [-0.25, -0.2) is 0 Å². The van der Waals surface area contributed by atoms with E-state index in [0.717, 1.165) is 0 Å². The molecule has 5 N–H and O–H groups in total. The Balaban J connectivity index is 3.58. The molecule has 0 aliphatic carbocycles. The molecular formula is C7H15N3O2. The topological polar surface area (TPSA) is 98.2 Å². The van der Waals surface area contributed by atoms with Crippen LogP contribution in [-0.4, -0.2) is 23.9 Å². The molecule has 2 amide bonds. The van der Waals surface area contributed by atoms with E-state index in [1.165, 1.54) is 0 Å². The van der Waals surface area contributed by atoms with E-state index >= 15 is 0 Å². The average molecular weight is 173 g/mol. The standard InChI is InChI=1S/C7H15N3O2/c1-7(2,9)3-4-10-6(12)5(8)11/h3-4,9H2,1-2H3,(H2,8,11)(H,10,12).